The van der Waals surface area contributed by atoms with Gasteiger partial charge < -0.3 is 21.3 Å². The van der Waals surface area contributed by atoms with Crippen LogP contribution in [0.3, 0.4) is 0 Å². The van der Waals surface area contributed by atoms with Gasteiger partial charge in [-0.25, -0.2) is 0 Å². The van der Waals surface area contributed by atoms with E-state index in [1.807, 2.05) is 0 Å². The van der Waals surface area contributed by atoms with Gasteiger partial charge in [-0.1, -0.05) is 33.1 Å². The van der Waals surface area contributed by atoms with Crippen LogP contribution in [-0.4, -0.2) is 51.4 Å². The topological polar surface area (TPSA) is 48.1 Å². The van der Waals surface area contributed by atoms with Crippen molar-refractivity contribution in [2.75, 3.05) is 39.3 Å². The summed E-state index contributed by atoms with van der Waals surface area (Å²) in [7, 11) is 0. The summed E-state index contributed by atoms with van der Waals surface area (Å²) in [6, 6.07) is 1.28. The van der Waals surface area contributed by atoms with E-state index in [9.17, 15) is 0 Å². The quantitative estimate of drug-likeness (QED) is 0.220. The van der Waals surface area contributed by atoms with Crippen molar-refractivity contribution >= 4 is 49.6 Å². The Balaban J connectivity index is -0.000000403. The highest BCUT2D eigenvalue weighted by Crippen LogP contribution is 2.02. The maximum atomic E-state index is 3.56. The van der Waals surface area contributed by atoms with Gasteiger partial charge in [-0.15, -0.1) is 49.6 Å². The van der Waals surface area contributed by atoms with E-state index in [0.717, 1.165) is 26.2 Å². The van der Waals surface area contributed by atoms with Crippen LogP contribution in [0.5, 0.6) is 0 Å². The van der Waals surface area contributed by atoms with Gasteiger partial charge in [-0.05, 0) is 78.8 Å². The molecule has 0 aromatic carbocycles. The molecular weight excluding hydrogens is 426 g/mol. The summed E-state index contributed by atoms with van der Waals surface area (Å²) in [6.45, 7) is 15.7. The average molecular weight is 474 g/mol. The minimum absolute atomic E-state index is 0. The SMILES string of the molecule is CCNC(C)CCNCCCCCCCNCCC(C)NCC.Cl.Cl.Cl.Cl. The number of rotatable bonds is 18. The van der Waals surface area contributed by atoms with Crippen LogP contribution in [0.2, 0.25) is 0 Å². The number of halogens is 4. The molecule has 0 fully saturated rings. The van der Waals surface area contributed by atoms with Crippen LogP contribution >= 0.6 is 49.6 Å². The van der Waals surface area contributed by atoms with Crippen LogP contribution in [0.15, 0.2) is 0 Å². The zero-order valence-electron chi connectivity index (χ0n) is 18.0. The third-order valence-electron chi connectivity index (χ3n) is 4.32. The Labute approximate surface area is 194 Å². The molecule has 0 aliphatic rings. The molecule has 0 heterocycles. The van der Waals surface area contributed by atoms with Crippen LogP contribution in [0.25, 0.3) is 0 Å². The molecule has 2 atom stereocenters. The molecule has 0 saturated carbocycles. The predicted octanol–water partition coefficient (Wildman–Crippen LogP) is 4.58. The van der Waals surface area contributed by atoms with Gasteiger partial charge in [0.15, 0.2) is 0 Å². The van der Waals surface area contributed by atoms with Gasteiger partial charge in [-0.3, -0.25) is 0 Å². The Bertz CT molecular complexity index is 218. The zero-order chi connectivity index (χ0) is 17.2. The number of unbranched alkanes of at least 4 members (excludes halogenated alkanes) is 4. The highest BCUT2D eigenvalue weighted by molar-refractivity contribution is 5.86. The van der Waals surface area contributed by atoms with Crippen molar-refractivity contribution < 1.29 is 0 Å². The molecule has 0 saturated heterocycles. The minimum Gasteiger partial charge on any atom is -0.317 e. The molecular formula is C19H48Cl4N4. The Kier molecular flexibility index (Phi) is 45.3. The lowest BCUT2D eigenvalue weighted by molar-refractivity contribution is 0.488. The summed E-state index contributed by atoms with van der Waals surface area (Å²) in [6.07, 6.45) is 9.22. The van der Waals surface area contributed by atoms with Crippen LogP contribution in [-0.2, 0) is 0 Å². The first-order chi connectivity index (χ1) is 11.2. The first kappa shape index (κ1) is 38.6. The van der Waals surface area contributed by atoms with E-state index in [0.29, 0.717) is 12.1 Å². The lowest BCUT2D eigenvalue weighted by Crippen LogP contribution is -2.30. The molecule has 0 radical (unpaired) electrons. The molecule has 0 aliphatic heterocycles. The monoisotopic (exact) mass is 472 g/mol. The third-order valence-corrected chi connectivity index (χ3v) is 4.32. The number of hydrogen-bond donors (Lipinski definition) is 4. The summed E-state index contributed by atoms with van der Waals surface area (Å²) in [5, 5.41) is 14.0. The van der Waals surface area contributed by atoms with E-state index in [4.69, 9.17) is 0 Å². The van der Waals surface area contributed by atoms with Crippen molar-refractivity contribution in [3.05, 3.63) is 0 Å². The van der Waals surface area contributed by atoms with Crippen molar-refractivity contribution in [2.45, 2.75) is 84.7 Å². The van der Waals surface area contributed by atoms with E-state index in [2.05, 4.69) is 49.0 Å². The molecule has 0 rings (SSSR count). The van der Waals surface area contributed by atoms with Gasteiger partial charge in [0.2, 0.25) is 0 Å². The van der Waals surface area contributed by atoms with Crippen LogP contribution < -0.4 is 21.3 Å². The normalized spacial score (nSPS) is 12.0. The lowest BCUT2D eigenvalue weighted by Gasteiger charge is -2.12. The molecule has 0 aliphatic carbocycles. The predicted molar refractivity (Wildman–Crippen MR) is 133 cm³/mol. The first-order valence-electron chi connectivity index (χ1n) is 10.1. The van der Waals surface area contributed by atoms with Gasteiger partial charge in [0.25, 0.3) is 0 Å². The molecule has 0 aromatic rings. The van der Waals surface area contributed by atoms with Gasteiger partial charge in [0.05, 0.1) is 0 Å². The fourth-order valence-corrected chi connectivity index (χ4v) is 2.82. The average Bonchev–Trinajstić information content (AvgIpc) is 2.52. The molecule has 172 valence electrons. The van der Waals surface area contributed by atoms with Gasteiger partial charge in [0.1, 0.15) is 0 Å². The van der Waals surface area contributed by atoms with E-state index in [1.165, 1.54) is 58.0 Å². The molecule has 27 heavy (non-hydrogen) atoms. The highest BCUT2D eigenvalue weighted by Gasteiger charge is 1.99. The highest BCUT2D eigenvalue weighted by atomic mass is 35.5. The van der Waals surface area contributed by atoms with Gasteiger partial charge >= 0.3 is 0 Å². The molecule has 0 aromatic heterocycles. The lowest BCUT2D eigenvalue weighted by atomic mass is 10.1. The Morgan fingerprint density at radius 1 is 0.519 bits per heavy atom. The van der Waals surface area contributed by atoms with Crippen molar-refractivity contribution in [3.8, 4) is 0 Å². The summed E-state index contributed by atoms with van der Waals surface area (Å²) in [5.41, 5.74) is 0. The largest absolute Gasteiger partial charge is 0.317 e. The number of hydrogen-bond acceptors (Lipinski definition) is 4. The first-order valence-corrected chi connectivity index (χ1v) is 10.1. The standard InChI is InChI=1S/C19H44N4.4ClH/c1-5-22-18(3)12-16-20-14-10-8-7-9-11-15-21-17-13-19(4)23-6-2;;;;/h18-23H,5-17H2,1-4H3;4*1H. The van der Waals surface area contributed by atoms with Gasteiger partial charge in [-0.2, -0.15) is 0 Å². The van der Waals surface area contributed by atoms with Crippen molar-refractivity contribution in [3.63, 3.8) is 0 Å². The molecule has 4 nitrogen and oxygen atoms in total. The minimum atomic E-state index is 0. The molecule has 0 spiro atoms. The van der Waals surface area contributed by atoms with Gasteiger partial charge in [0, 0.05) is 12.1 Å². The summed E-state index contributed by atoms with van der Waals surface area (Å²) in [4.78, 5) is 0. The summed E-state index contributed by atoms with van der Waals surface area (Å²) in [5.74, 6) is 0. The molecule has 0 amide bonds. The van der Waals surface area contributed by atoms with Crippen molar-refractivity contribution in [1.82, 2.24) is 21.3 Å². The van der Waals surface area contributed by atoms with Crippen LogP contribution in [0.4, 0.5) is 0 Å². The maximum Gasteiger partial charge on any atom is 0.00506 e. The second-order valence-corrected chi connectivity index (χ2v) is 6.76. The second kappa shape index (κ2) is 31.7. The molecule has 8 heteroatoms. The van der Waals surface area contributed by atoms with E-state index in [1.54, 1.807) is 0 Å². The van der Waals surface area contributed by atoms with Crippen LogP contribution in [0.1, 0.15) is 72.6 Å². The molecule has 0 bridgehead atoms. The smallest absolute Gasteiger partial charge is 0.00506 e. The van der Waals surface area contributed by atoms with E-state index >= 15 is 0 Å². The second-order valence-electron chi connectivity index (χ2n) is 6.76. The fraction of sp³-hybridized carbons (Fsp3) is 1.00. The van der Waals surface area contributed by atoms with Crippen molar-refractivity contribution in [2.24, 2.45) is 0 Å². The summed E-state index contributed by atoms with van der Waals surface area (Å²) < 4.78 is 0. The number of nitrogens with one attached hydrogen (secondary N) is 4. The Morgan fingerprint density at radius 3 is 1.19 bits per heavy atom. The Hall–Kier alpha value is 1.00. The van der Waals surface area contributed by atoms with E-state index < -0.39 is 0 Å². The fourth-order valence-electron chi connectivity index (χ4n) is 2.82. The van der Waals surface area contributed by atoms with E-state index in [-0.39, 0.29) is 49.6 Å². The molecule has 4 N–H and O–H groups in total. The zero-order valence-corrected chi connectivity index (χ0v) is 21.2. The van der Waals surface area contributed by atoms with Crippen LogP contribution in [0, 0.1) is 0 Å². The third kappa shape index (κ3) is 31.9. The Morgan fingerprint density at radius 2 is 0.852 bits per heavy atom. The van der Waals surface area contributed by atoms with Crippen molar-refractivity contribution in [1.29, 1.82) is 0 Å². The molecule has 2 unspecified atom stereocenters. The maximum absolute atomic E-state index is 3.56. The summed E-state index contributed by atoms with van der Waals surface area (Å²) >= 11 is 0.